The lowest BCUT2D eigenvalue weighted by atomic mass is 9.79. The Balaban J connectivity index is 2.39. The molecule has 1 aromatic heterocycles. The molecule has 12 heteroatoms. The number of halogens is 2. The van der Waals surface area contributed by atoms with Gasteiger partial charge in [0.05, 0.1) is 58.8 Å². The fourth-order valence-corrected chi connectivity index (χ4v) is 4.49. The van der Waals surface area contributed by atoms with E-state index in [1.165, 1.54) is 20.3 Å². The topological polar surface area (TPSA) is 146 Å². The second-order valence-corrected chi connectivity index (χ2v) is 8.50. The van der Waals surface area contributed by atoms with E-state index in [4.69, 9.17) is 43.1 Å². The number of dihydropyridines is 1. The van der Waals surface area contributed by atoms with E-state index in [1.54, 1.807) is 32.0 Å². The minimum Gasteiger partial charge on any atom is -0.466 e. The minimum atomic E-state index is -1.04. The highest BCUT2D eigenvalue weighted by molar-refractivity contribution is 6.42. The second-order valence-electron chi connectivity index (χ2n) is 7.72. The van der Waals surface area contributed by atoms with Crippen molar-refractivity contribution in [3.8, 4) is 0 Å². The molecule has 2 heterocycles. The van der Waals surface area contributed by atoms with Crippen LogP contribution in [0.15, 0.2) is 51.6 Å². The second kappa shape index (κ2) is 11.7. The monoisotopic (exact) mass is 536 g/mol. The third-order valence-electron chi connectivity index (χ3n) is 5.56. The molecule has 3 rings (SSSR count). The zero-order chi connectivity index (χ0) is 26.6. The molecule has 0 amide bonds. The zero-order valence-electron chi connectivity index (χ0n) is 20.1. The Morgan fingerprint density at radius 2 is 1.92 bits per heavy atom. The predicted octanol–water partition coefficient (Wildman–Crippen LogP) is 2.87. The number of aromatic nitrogens is 2. The lowest BCUT2D eigenvalue weighted by molar-refractivity contribution is -0.139. The molecule has 4 N–H and O–H groups in total. The van der Waals surface area contributed by atoms with Gasteiger partial charge in [-0.3, -0.25) is 4.79 Å². The molecular weight excluding hydrogens is 511 g/mol. The Morgan fingerprint density at radius 3 is 2.53 bits per heavy atom. The summed E-state index contributed by atoms with van der Waals surface area (Å²) in [5.74, 6) is -2.23. The number of nitrogens with zero attached hydrogens (tertiary/aromatic N) is 1. The molecule has 0 bridgehead atoms. The third-order valence-corrected chi connectivity index (χ3v) is 6.39. The van der Waals surface area contributed by atoms with Crippen LogP contribution in [-0.4, -0.2) is 42.7 Å². The van der Waals surface area contributed by atoms with Gasteiger partial charge in [0.2, 0.25) is 0 Å². The van der Waals surface area contributed by atoms with Crippen LogP contribution in [0.4, 0.5) is 0 Å². The van der Waals surface area contributed by atoms with Crippen LogP contribution in [0.1, 0.15) is 43.0 Å². The van der Waals surface area contributed by atoms with Crippen molar-refractivity contribution < 1.29 is 23.8 Å². The van der Waals surface area contributed by atoms with Crippen LogP contribution in [0.2, 0.25) is 10.0 Å². The van der Waals surface area contributed by atoms with Crippen molar-refractivity contribution in [3.63, 3.8) is 0 Å². The maximum absolute atomic E-state index is 13.5. The highest BCUT2D eigenvalue weighted by Crippen LogP contribution is 2.45. The van der Waals surface area contributed by atoms with Gasteiger partial charge >= 0.3 is 11.9 Å². The van der Waals surface area contributed by atoms with E-state index in [-0.39, 0.29) is 51.6 Å². The summed E-state index contributed by atoms with van der Waals surface area (Å²) < 4.78 is 16.1. The maximum atomic E-state index is 13.5. The molecule has 192 valence electrons. The molecule has 0 aliphatic carbocycles. The Morgan fingerprint density at radius 1 is 1.19 bits per heavy atom. The summed E-state index contributed by atoms with van der Waals surface area (Å²) in [5.41, 5.74) is 6.53. The Kier molecular flexibility index (Phi) is 8.91. The van der Waals surface area contributed by atoms with Gasteiger partial charge < -0.3 is 30.2 Å². The molecular formula is C24H26Cl2N4O6. The summed E-state index contributed by atoms with van der Waals surface area (Å²) in [6.07, 6.45) is -1.04. The molecule has 2 unspecified atom stereocenters. The lowest BCUT2D eigenvalue weighted by Gasteiger charge is -2.34. The molecule has 10 nitrogen and oxygen atoms in total. The fourth-order valence-electron chi connectivity index (χ4n) is 4.08. The first kappa shape index (κ1) is 27.4. The van der Waals surface area contributed by atoms with E-state index in [2.05, 4.69) is 15.3 Å². The number of hydrogen-bond acceptors (Lipinski definition) is 9. The highest BCUT2D eigenvalue weighted by Gasteiger charge is 2.42. The zero-order valence-corrected chi connectivity index (χ0v) is 21.6. The smallest absolute Gasteiger partial charge is 0.336 e. The van der Waals surface area contributed by atoms with Gasteiger partial charge in [-0.2, -0.15) is 0 Å². The van der Waals surface area contributed by atoms with Crippen LogP contribution < -0.4 is 16.6 Å². The normalized spacial score (nSPS) is 16.5. The van der Waals surface area contributed by atoms with Gasteiger partial charge in [0.1, 0.15) is 11.9 Å². The number of aromatic amines is 1. The largest absolute Gasteiger partial charge is 0.466 e. The van der Waals surface area contributed by atoms with E-state index in [9.17, 15) is 14.4 Å². The SMILES string of the molecule is CCOC(=O)C1=C(C(OC)c2cc(=O)[nH]c(CN)n2)NC(C)=C(C(=O)OC)C1c1cccc(Cl)c1Cl. The van der Waals surface area contributed by atoms with Crippen molar-refractivity contribution in [1.29, 1.82) is 0 Å². The maximum Gasteiger partial charge on any atom is 0.336 e. The van der Waals surface area contributed by atoms with Crippen molar-refractivity contribution in [1.82, 2.24) is 15.3 Å². The first-order valence-electron chi connectivity index (χ1n) is 10.9. The molecule has 2 aromatic rings. The molecule has 0 saturated carbocycles. The van der Waals surface area contributed by atoms with Gasteiger partial charge in [0.15, 0.2) is 0 Å². The number of methoxy groups -OCH3 is 2. The summed E-state index contributed by atoms with van der Waals surface area (Å²) in [6, 6.07) is 6.12. The average Bonchev–Trinajstić information content (AvgIpc) is 2.85. The number of nitrogens with two attached hydrogens (primary N) is 1. The van der Waals surface area contributed by atoms with Crippen LogP contribution in [0.25, 0.3) is 0 Å². The van der Waals surface area contributed by atoms with Crippen molar-refractivity contribution in [3.05, 3.63) is 84.3 Å². The van der Waals surface area contributed by atoms with Gasteiger partial charge in [0, 0.05) is 18.9 Å². The highest BCUT2D eigenvalue weighted by atomic mass is 35.5. The summed E-state index contributed by atoms with van der Waals surface area (Å²) in [4.78, 5) is 45.6. The van der Waals surface area contributed by atoms with E-state index < -0.39 is 29.5 Å². The van der Waals surface area contributed by atoms with Crippen LogP contribution in [0.5, 0.6) is 0 Å². The average molecular weight is 537 g/mol. The molecule has 0 radical (unpaired) electrons. The fraction of sp³-hybridized carbons (Fsp3) is 0.333. The molecule has 2 atom stereocenters. The van der Waals surface area contributed by atoms with E-state index >= 15 is 0 Å². The first-order valence-corrected chi connectivity index (χ1v) is 11.7. The number of esters is 2. The van der Waals surface area contributed by atoms with Crippen LogP contribution in [0, 0.1) is 0 Å². The number of carbonyl (C=O) groups is 2. The Bertz CT molecular complexity index is 1300. The molecule has 1 aliphatic heterocycles. The quantitative estimate of drug-likeness (QED) is 0.433. The summed E-state index contributed by atoms with van der Waals surface area (Å²) in [7, 11) is 2.62. The summed E-state index contributed by atoms with van der Waals surface area (Å²) in [6.45, 7) is 3.32. The van der Waals surface area contributed by atoms with E-state index in [0.29, 0.717) is 11.3 Å². The van der Waals surface area contributed by atoms with Crippen molar-refractivity contribution in [2.24, 2.45) is 5.73 Å². The van der Waals surface area contributed by atoms with Crippen molar-refractivity contribution in [2.75, 3.05) is 20.8 Å². The van der Waals surface area contributed by atoms with Gasteiger partial charge in [-0.05, 0) is 25.5 Å². The van der Waals surface area contributed by atoms with Crippen LogP contribution in [0.3, 0.4) is 0 Å². The Hall–Kier alpha value is -3.18. The minimum absolute atomic E-state index is 0.0234. The summed E-state index contributed by atoms with van der Waals surface area (Å²) >= 11 is 12.9. The first-order chi connectivity index (χ1) is 17.2. The van der Waals surface area contributed by atoms with Crippen molar-refractivity contribution >= 4 is 35.1 Å². The number of hydrogen-bond donors (Lipinski definition) is 3. The van der Waals surface area contributed by atoms with Gasteiger partial charge in [-0.1, -0.05) is 35.3 Å². The van der Waals surface area contributed by atoms with Crippen LogP contribution >= 0.6 is 23.2 Å². The molecule has 1 aromatic carbocycles. The van der Waals surface area contributed by atoms with E-state index in [1.807, 2.05) is 0 Å². The molecule has 36 heavy (non-hydrogen) atoms. The third kappa shape index (κ3) is 5.31. The summed E-state index contributed by atoms with van der Waals surface area (Å²) in [5, 5.41) is 3.46. The Labute approximate surface area is 217 Å². The molecule has 0 fully saturated rings. The lowest BCUT2D eigenvalue weighted by Crippen LogP contribution is -2.36. The number of rotatable bonds is 8. The number of H-pyrrole nitrogens is 1. The number of benzene rings is 1. The van der Waals surface area contributed by atoms with E-state index in [0.717, 1.165) is 0 Å². The van der Waals surface area contributed by atoms with Gasteiger partial charge in [0.25, 0.3) is 5.56 Å². The van der Waals surface area contributed by atoms with Crippen LogP contribution in [-0.2, 0) is 30.3 Å². The predicted molar refractivity (Wildman–Crippen MR) is 133 cm³/mol. The standard InChI is InChI=1S/C24H26Cl2N4O6/c1-5-36-24(33)19-18(12-7-6-8-13(25)20(12)26)17(23(32)35-4)11(2)28-21(19)22(34-3)14-9-16(31)30-15(10-27)29-14/h6-9,18,22,28H,5,10,27H2,1-4H3,(H,29,30,31). The number of carbonyl (C=O) groups excluding carboxylic acids is 2. The number of nitrogens with one attached hydrogen (secondary N) is 2. The number of allylic oxidation sites excluding steroid dienone is 1. The van der Waals surface area contributed by atoms with Gasteiger partial charge in [-0.15, -0.1) is 0 Å². The molecule has 0 spiro atoms. The molecule has 1 aliphatic rings. The van der Waals surface area contributed by atoms with Crippen molar-refractivity contribution in [2.45, 2.75) is 32.4 Å². The number of ether oxygens (including phenoxy) is 3. The van der Waals surface area contributed by atoms with Gasteiger partial charge in [-0.25, -0.2) is 14.6 Å². The molecule has 0 saturated heterocycles.